The van der Waals surface area contributed by atoms with Gasteiger partial charge in [-0.05, 0) is 55.5 Å². The molecule has 3 N–H and O–H groups in total. The quantitative estimate of drug-likeness (QED) is 0.146. The van der Waals surface area contributed by atoms with E-state index in [0.29, 0.717) is 24.1 Å². The number of pyridine rings is 2. The van der Waals surface area contributed by atoms with Crippen LogP contribution in [0.3, 0.4) is 0 Å². The second-order valence-corrected chi connectivity index (χ2v) is 11.2. The van der Waals surface area contributed by atoms with Gasteiger partial charge in [0.25, 0.3) is 0 Å². The lowest BCUT2D eigenvalue weighted by molar-refractivity contribution is 0.0939. The standard InChI is InChI=1S/C26H26IN5O3/c1-15(2)24(33)21-14-30-22-6-4-16(17-3-5-19(12-28)29-13-17)11-20(22)23(21)31-18-7-9-26(27,10-8-18)32-25(34)35/h3-6,11,13-15,18,32H,7-10H2,1-2H3,(H,30,31)(H,34,35). The maximum absolute atomic E-state index is 13.1. The van der Waals surface area contributed by atoms with Gasteiger partial charge in [-0.2, -0.15) is 5.26 Å². The number of alkyl halides is 1. The molecule has 2 heterocycles. The van der Waals surface area contributed by atoms with E-state index in [9.17, 15) is 9.59 Å². The molecule has 3 aromatic rings. The van der Waals surface area contributed by atoms with Gasteiger partial charge < -0.3 is 15.7 Å². The van der Waals surface area contributed by atoms with Crippen LogP contribution in [0.2, 0.25) is 0 Å². The number of hydrogen-bond acceptors (Lipinski definition) is 6. The number of nitrogens with one attached hydrogen (secondary N) is 2. The largest absolute Gasteiger partial charge is 0.465 e. The maximum Gasteiger partial charge on any atom is 0.405 e. The molecule has 0 unspecified atom stereocenters. The molecule has 0 aliphatic heterocycles. The maximum atomic E-state index is 13.1. The van der Waals surface area contributed by atoms with Gasteiger partial charge in [0.05, 0.1) is 20.3 Å². The number of rotatable bonds is 6. The topological polar surface area (TPSA) is 128 Å². The van der Waals surface area contributed by atoms with E-state index in [4.69, 9.17) is 10.4 Å². The van der Waals surface area contributed by atoms with Crippen molar-refractivity contribution in [2.24, 2.45) is 5.92 Å². The molecular weight excluding hydrogens is 557 g/mol. The lowest BCUT2D eigenvalue weighted by atomic mass is 9.90. The van der Waals surface area contributed by atoms with Crippen LogP contribution < -0.4 is 10.6 Å². The Balaban J connectivity index is 1.72. The van der Waals surface area contributed by atoms with Crippen LogP contribution in [0.1, 0.15) is 55.6 Å². The average Bonchev–Trinajstić information content (AvgIpc) is 2.84. The Bertz CT molecular complexity index is 1310. The van der Waals surface area contributed by atoms with Gasteiger partial charge in [-0.1, -0.05) is 42.5 Å². The Morgan fingerprint density at radius 2 is 1.86 bits per heavy atom. The van der Waals surface area contributed by atoms with Gasteiger partial charge >= 0.3 is 6.09 Å². The Morgan fingerprint density at radius 3 is 2.46 bits per heavy atom. The van der Waals surface area contributed by atoms with Crippen molar-refractivity contribution < 1.29 is 14.7 Å². The van der Waals surface area contributed by atoms with E-state index in [0.717, 1.165) is 40.6 Å². The van der Waals surface area contributed by atoms with Crippen LogP contribution in [0.5, 0.6) is 0 Å². The SMILES string of the molecule is CC(C)C(=O)c1cnc2ccc(-c3ccc(C#N)nc3)cc2c1NC1CCC(I)(NC(=O)O)CC1. The van der Waals surface area contributed by atoms with Crippen molar-refractivity contribution in [1.82, 2.24) is 15.3 Å². The number of carboxylic acid groups (broad SMARTS) is 1. The van der Waals surface area contributed by atoms with Crippen molar-refractivity contribution in [3.8, 4) is 17.2 Å². The third kappa shape index (κ3) is 5.53. The van der Waals surface area contributed by atoms with Gasteiger partial charge in [0, 0.05) is 35.3 Å². The van der Waals surface area contributed by atoms with Crippen LogP contribution in [-0.4, -0.2) is 36.5 Å². The number of carbonyl (C=O) groups excluding carboxylic acids is 1. The number of nitriles is 1. The first-order valence-electron chi connectivity index (χ1n) is 11.5. The highest BCUT2D eigenvalue weighted by atomic mass is 127. The third-order valence-electron chi connectivity index (χ3n) is 6.33. The molecular formula is C26H26IN5O3. The van der Waals surface area contributed by atoms with Gasteiger partial charge in [-0.25, -0.2) is 9.78 Å². The van der Waals surface area contributed by atoms with E-state index >= 15 is 0 Å². The summed E-state index contributed by atoms with van der Waals surface area (Å²) in [5.41, 5.74) is 4.21. The zero-order valence-corrected chi connectivity index (χ0v) is 21.7. The molecule has 0 radical (unpaired) electrons. The molecule has 180 valence electrons. The number of ketones is 1. The van der Waals surface area contributed by atoms with Gasteiger partial charge in [0.2, 0.25) is 0 Å². The highest BCUT2D eigenvalue weighted by Gasteiger charge is 2.34. The highest BCUT2D eigenvalue weighted by Crippen LogP contribution is 2.38. The van der Waals surface area contributed by atoms with Crippen LogP contribution in [0.4, 0.5) is 10.5 Å². The predicted octanol–water partition coefficient (Wildman–Crippen LogP) is 5.76. The second-order valence-electron chi connectivity index (χ2n) is 9.16. The summed E-state index contributed by atoms with van der Waals surface area (Å²) < 4.78 is -0.478. The Kier molecular flexibility index (Phi) is 7.21. The van der Waals surface area contributed by atoms with Gasteiger partial charge in [-0.3, -0.25) is 9.78 Å². The summed E-state index contributed by atoms with van der Waals surface area (Å²) in [7, 11) is 0. The summed E-state index contributed by atoms with van der Waals surface area (Å²) in [5, 5.41) is 25.3. The molecule has 1 saturated carbocycles. The van der Waals surface area contributed by atoms with Crippen molar-refractivity contribution in [3.05, 3.63) is 54.0 Å². The Hall–Kier alpha value is -3.26. The minimum absolute atomic E-state index is 0.0129. The smallest absolute Gasteiger partial charge is 0.405 e. The molecule has 1 aromatic carbocycles. The van der Waals surface area contributed by atoms with Gasteiger partial charge in [-0.15, -0.1) is 0 Å². The number of halogens is 1. The zero-order valence-electron chi connectivity index (χ0n) is 19.5. The molecule has 0 spiro atoms. The molecule has 2 aromatic heterocycles. The predicted molar refractivity (Wildman–Crippen MR) is 143 cm³/mol. The van der Waals surface area contributed by atoms with Crippen LogP contribution in [0.15, 0.2) is 42.7 Å². The fourth-order valence-corrected chi connectivity index (χ4v) is 5.25. The molecule has 0 saturated heterocycles. The number of carbonyl (C=O) groups is 2. The molecule has 0 atom stereocenters. The van der Waals surface area contributed by atoms with Crippen LogP contribution in [-0.2, 0) is 0 Å². The number of anilines is 1. The number of fused-ring (bicyclic) bond motifs is 1. The van der Waals surface area contributed by atoms with E-state index in [-0.39, 0.29) is 17.7 Å². The molecule has 35 heavy (non-hydrogen) atoms. The summed E-state index contributed by atoms with van der Waals surface area (Å²) in [5.74, 6) is -0.173. The summed E-state index contributed by atoms with van der Waals surface area (Å²) in [6.07, 6.45) is 5.21. The summed E-state index contributed by atoms with van der Waals surface area (Å²) in [6.45, 7) is 3.75. The fraction of sp³-hybridized carbons (Fsp3) is 0.346. The third-order valence-corrected chi connectivity index (χ3v) is 7.68. The van der Waals surface area contributed by atoms with E-state index in [1.54, 1.807) is 18.5 Å². The summed E-state index contributed by atoms with van der Waals surface area (Å²) in [4.78, 5) is 33.0. The van der Waals surface area contributed by atoms with Crippen molar-refractivity contribution in [1.29, 1.82) is 5.26 Å². The highest BCUT2D eigenvalue weighted by molar-refractivity contribution is 14.1. The summed E-state index contributed by atoms with van der Waals surface area (Å²) >= 11 is 2.19. The number of Topliss-reactive ketones (excluding diaryl/α,β-unsaturated/α-hetero) is 1. The van der Waals surface area contributed by atoms with E-state index in [1.807, 2.05) is 44.2 Å². The first kappa shape index (κ1) is 24.9. The molecule has 0 bridgehead atoms. The van der Waals surface area contributed by atoms with E-state index in [1.165, 1.54) is 0 Å². The van der Waals surface area contributed by atoms with Crippen LogP contribution in [0.25, 0.3) is 22.0 Å². The number of aromatic nitrogens is 2. The molecule has 4 rings (SSSR count). The minimum Gasteiger partial charge on any atom is -0.465 e. The summed E-state index contributed by atoms with van der Waals surface area (Å²) in [6, 6.07) is 11.5. The number of nitrogens with zero attached hydrogens (tertiary/aromatic N) is 3. The normalized spacial score (nSPS) is 19.8. The Labute approximate surface area is 217 Å². The second kappa shape index (κ2) is 10.2. The monoisotopic (exact) mass is 583 g/mol. The number of hydrogen-bond donors (Lipinski definition) is 3. The van der Waals surface area contributed by atoms with Gasteiger partial charge in [0.15, 0.2) is 5.78 Å². The molecule has 1 amide bonds. The van der Waals surface area contributed by atoms with Gasteiger partial charge in [0.1, 0.15) is 11.8 Å². The first-order valence-corrected chi connectivity index (χ1v) is 12.6. The first-order chi connectivity index (χ1) is 16.7. The van der Waals surface area contributed by atoms with Crippen LogP contribution in [0, 0.1) is 17.2 Å². The molecule has 8 nitrogen and oxygen atoms in total. The minimum atomic E-state index is -1.01. The molecule has 1 aliphatic rings. The van der Waals surface area contributed by atoms with E-state index in [2.05, 4.69) is 43.2 Å². The Morgan fingerprint density at radius 1 is 1.14 bits per heavy atom. The van der Waals surface area contributed by atoms with E-state index < -0.39 is 9.64 Å². The average molecular weight is 583 g/mol. The molecule has 1 fully saturated rings. The fourth-order valence-electron chi connectivity index (χ4n) is 4.40. The lowest BCUT2D eigenvalue weighted by Gasteiger charge is -2.36. The van der Waals surface area contributed by atoms with Crippen molar-refractivity contribution in [2.75, 3.05) is 5.32 Å². The lowest BCUT2D eigenvalue weighted by Crippen LogP contribution is -2.47. The van der Waals surface area contributed by atoms with Crippen molar-refractivity contribution >= 4 is 51.1 Å². The number of benzene rings is 1. The molecule has 9 heteroatoms. The van der Waals surface area contributed by atoms with Crippen LogP contribution >= 0.6 is 22.6 Å². The zero-order chi connectivity index (χ0) is 25.2. The van der Waals surface area contributed by atoms with Crippen molar-refractivity contribution in [3.63, 3.8) is 0 Å². The number of amides is 1. The van der Waals surface area contributed by atoms with Crippen molar-refractivity contribution in [2.45, 2.75) is 49.1 Å². The molecule has 1 aliphatic carbocycles.